The second kappa shape index (κ2) is 5.88. The first kappa shape index (κ1) is 14.3. The van der Waals surface area contributed by atoms with Crippen LogP contribution in [-0.2, 0) is 11.2 Å². The number of thiophene rings is 1. The van der Waals surface area contributed by atoms with E-state index in [9.17, 15) is 9.59 Å². The molecular weight excluding hydrogens is 274 g/mol. The highest BCUT2D eigenvalue weighted by atomic mass is 32.1. The van der Waals surface area contributed by atoms with Crippen molar-refractivity contribution in [2.75, 3.05) is 5.32 Å². The molecule has 0 aliphatic rings. The van der Waals surface area contributed by atoms with Crippen LogP contribution in [0.4, 0.5) is 5.69 Å². The fraction of sp³-hybridized carbons (Fsp3) is 0.200. The van der Waals surface area contributed by atoms with Crippen LogP contribution in [0.15, 0.2) is 29.6 Å². The molecule has 0 saturated carbocycles. The lowest BCUT2D eigenvalue weighted by Crippen LogP contribution is -2.16. The van der Waals surface area contributed by atoms with E-state index >= 15 is 0 Å². The number of amides is 1. The topological polar surface area (TPSA) is 66.4 Å². The van der Waals surface area contributed by atoms with Gasteiger partial charge in [0.05, 0.1) is 12.1 Å². The third kappa shape index (κ3) is 3.24. The number of aromatic carboxylic acids is 1. The first-order valence-corrected chi connectivity index (χ1v) is 7.02. The first-order valence-electron chi connectivity index (χ1n) is 6.14. The Hall–Kier alpha value is -2.14. The first-order chi connectivity index (χ1) is 9.47. The van der Waals surface area contributed by atoms with Gasteiger partial charge >= 0.3 is 5.97 Å². The normalized spacial score (nSPS) is 10.3. The third-order valence-corrected chi connectivity index (χ3v) is 4.00. The molecule has 0 fully saturated rings. The Kier molecular flexibility index (Phi) is 4.20. The van der Waals surface area contributed by atoms with Gasteiger partial charge in [0.1, 0.15) is 4.88 Å². The number of benzene rings is 1. The second-order valence-corrected chi connectivity index (χ2v) is 5.52. The van der Waals surface area contributed by atoms with Gasteiger partial charge in [-0.1, -0.05) is 29.8 Å². The molecule has 1 aromatic carbocycles. The molecular formula is C15H15NO3S. The molecule has 0 unspecified atom stereocenters. The Morgan fingerprint density at radius 1 is 1.20 bits per heavy atom. The summed E-state index contributed by atoms with van der Waals surface area (Å²) in [4.78, 5) is 23.2. The van der Waals surface area contributed by atoms with Crippen LogP contribution in [0.3, 0.4) is 0 Å². The summed E-state index contributed by atoms with van der Waals surface area (Å²) in [5, 5.41) is 13.5. The van der Waals surface area contributed by atoms with Crippen molar-refractivity contribution in [3.63, 3.8) is 0 Å². The molecule has 0 aliphatic heterocycles. The molecule has 20 heavy (non-hydrogen) atoms. The van der Waals surface area contributed by atoms with Crippen LogP contribution in [0.5, 0.6) is 0 Å². The third-order valence-electron chi connectivity index (χ3n) is 2.92. The molecule has 4 nitrogen and oxygen atoms in total. The van der Waals surface area contributed by atoms with Crippen molar-refractivity contribution in [1.82, 2.24) is 0 Å². The smallest absolute Gasteiger partial charge is 0.348 e. The van der Waals surface area contributed by atoms with Gasteiger partial charge < -0.3 is 10.4 Å². The summed E-state index contributed by atoms with van der Waals surface area (Å²) in [7, 11) is 0. The summed E-state index contributed by atoms with van der Waals surface area (Å²) in [5.41, 5.74) is 3.21. The average Bonchev–Trinajstić information content (AvgIpc) is 2.74. The van der Waals surface area contributed by atoms with Gasteiger partial charge in [-0.3, -0.25) is 4.79 Å². The van der Waals surface area contributed by atoms with Crippen LogP contribution < -0.4 is 5.32 Å². The van der Waals surface area contributed by atoms with Crippen LogP contribution in [0, 0.1) is 13.8 Å². The van der Waals surface area contributed by atoms with Gasteiger partial charge in [0, 0.05) is 0 Å². The highest BCUT2D eigenvalue weighted by molar-refractivity contribution is 7.12. The molecule has 0 bridgehead atoms. The summed E-state index contributed by atoms with van der Waals surface area (Å²) in [5.74, 6) is -1.23. The number of carboxylic acid groups (broad SMARTS) is 1. The van der Waals surface area contributed by atoms with Crippen molar-refractivity contribution < 1.29 is 14.7 Å². The van der Waals surface area contributed by atoms with Gasteiger partial charge in [-0.05, 0) is 30.4 Å². The van der Waals surface area contributed by atoms with Crippen molar-refractivity contribution in [3.8, 4) is 0 Å². The number of carbonyl (C=O) groups excluding carboxylic acids is 1. The van der Waals surface area contributed by atoms with E-state index < -0.39 is 5.97 Å². The zero-order chi connectivity index (χ0) is 14.7. The van der Waals surface area contributed by atoms with Crippen molar-refractivity contribution >= 4 is 28.9 Å². The molecule has 0 aliphatic carbocycles. The lowest BCUT2D eigenvalue weighted by Gasteiger charge is -2.06. The Balaban J connectivity index is 2.10. The van der Waals surface area contributed by atoms with Gasteiger partial charge in [-0.15, -0.1) is 11.3 Å². The highest BCUT2D eigenvalue weighted by Gasteiger charge is 2.17. The number of anilines is 1. The van der Waals surface area contributed by atoms with E-state index in [0.29, 0.717) is 5.69 Å². The lowest BCUT2D eigenvalue weighted by molar-refractivity contribution is -0.115. The minimum Gasteiger partial charge on any atom is -0.477 e. The standard InChI is InChI=1S/C15H15NO3S/c1-9-3-5-11(6-4-9)7-12(17)16-13-10(2)8-20-14(13)15(18)19/h3-6,8H,7H2,1-2H3,(H,16,17)(H,18,19). The summed E-state index contributed by atoms with van der Waals surface area (Å²) in [6.07, 6.45) is 0.231. The highest BCUT2D eigenvalue weighted by Crippen LogP contribution is 2.27. The molecule has 2 rings (SSSR count). The predicted octanol–water partition coefficient (Wildman–Crippen LogP) is 3.24. The number of rotatable bonds is 4. The summed E-state index contributed by atoms with van der Waals surface area (Å²) in [6, 6.07) is 7.68. The van der Waals surface area contributed by atoms with Gasteiger partial charge in [-0.2, -0.15) is 0 Å². The maximum absolute atomic E-state index is 12.0. The molecule has 104 valence electrons. The molecule has 2 aromatic rings. The van der Waals surface area contributed by atoms with Crippen molar-refractivity contribution in [2.45, 2.75) is 20.3 Å². The molecule has 0 atom stereocenters. The quantitative estimate of drug-likeness (QED) is 0.908. The maximum Gasteiger partial charge on any atom is 0.348 e. The molecule has 2 N–H and O–H groups in total. The van der Waals surface area contributed by atoms with Crippen LogP contribution in [0.25, 0.3) is 0 Å². The Morgan fingerprint density at radius 2 is 1.85 bits per heavy atom. The number of hydrogen-bond donors (Lipinski definition) is 2. The second-order valence-electron chi connectivity index (χ2n) is 4.64. The maximum atomic E-state index is 12.0. The molecule has 1 heterocycles. The minimum atomic E-state index is -1.02. The zero-order valence-electron chi connectivity index (χ0n) is 11.3. The fourth-order valence-electron chi connectivity index (χ4n) is 1.83. The fourth-order valence-corrected chi connectivity index (χ4v) is 2.68. The molecule has 5 heteroatoms. The molecule has 1 aromatic heterocycles. The van der Waals surface area contributed by atoms with Crippen molar-refractivity contribution in [2.24, 2.45) is 0 Å². The number of carbonyl (C=O) groups is 2. The van der Waals surface area contributed by atoms with E-state index in [-0.39, 0.29) is 17.2 Å². The van der Waals surface area contributed by atoms with Crippen molar-refractivity contribution in [1.29, 1.82) is 0 Å². The molecule has 1 amide bonds. The zero-order valence-corrected chi connectivity index (χ0v) is 12.1. The van der Waals surface area contributed by atoms with E-state index in [1.54, 1.807) is 12.3 Å². The average molecular weight is 289 g/mol. The van der Waals surface area contributed by atoms with E-state index in [0.717, 1.165) is 28.0 Å². The monoisotopic (exact) mass is 289 g/mol. The number of aryl methyl sites for hydroxylation is 2. The number of nitrogens with one attached hydrogen (secondary N) is 1. The van der Waals surface area contributed by atoms with Gasteiger partial charge in [0.25, 0.3) is 0 Å². The summed E-state index contributed by atoms with van der Waals surface area (Å²) >= 11 is 1.12. The van der Waals surface area contributed by atoms with E-state index in [4.69, 9.17) is 5.11 Å². The van der Waals surface area contributed by atoms with Gasteiger partial charge in [-0.25, -0.2) is 4.79 Å². The Labute approximate surface area is 121 Å². The van der Waals surface area contributed by atoms with E-state index in [2.05, 4.69) is 5.32 Å². The summed E-state index contributed by atoms with van der Waals surface area (Å²) in [6.45, 7) is 3.77. The van der Waals surface area contributed by atoms with Crippen molar-refractivity contribution in [3.05, 3.63) is 51.2 Å². The van der Waals surface area contributed by atoms with Crippen LogP contribution in [-0.4, -0.2) is 17.0 Å². The number of carboxylic acids is 1. The van der Waals surface area contributed by atoms with Gasteiger partial charge in [0.15, 0.2) is 0 Å². The van der Waals surface area contributed by atoms with Gasteiger partial charge in [0.2, 0.25) is 5.91 Å². The molecule has 0 spiro atoms. The number of hydrogen-bond acceptors (Lipinski definition) is 3. The SMILES string of the molecule is Cc1ccc(CC(=O)Nc2c(C)csc2C(=O)O)cc1. The summed E-state index contributed by atoms with van der Waals surface area (Å²) < 4.78 is 0. The van der Waals surface area contributed by atoms with Crippen LogP contribution in [0.1, 0.15) is 26.4 Å². The predicted molar refractivity (Wildman–Crippen MR) is 79.5 cm³/mol. The minimum absolute atomic E-state index is 0.166. The largest absolute Gasteiger partial charge is 0.477 e. The lowest BCUT2D eigenvalue weighted by atomic mass is 10.1. The van der Waals surface area contributed by atoms with E-state index in [1.807, 2.05) is 31.2 Å². The Morgan fingerprint density at radius 3 is 2.45 bits per heavy atom. The van der Waals surface area contributed by atoms with Crippen LogP contribution in [0.2, 0.25) is 0 Å². The van der Waals surface area contributed by atoms with E-state index in [1.165, 1.54) is 0 Å². The Bertz CT molecular complexity index is 644. The molecule has 0 saturated heterocycles. The molecule has 0 radical (unpaired) electrons. The van der Waals surface area contributed by atoms with Crippen LogP contribution >= 0.6 is 11.3 Å².